The Morgan fingerprint density at radius 3 is 2.53 bits per heavy atom. The molecule has 0 amide bonds. The number of benzene rings is 2. The summed E-state index contributed by atoms with van der Waals surface area (Å²) in [7, 11) is 0. The van der Waals surface area contributed by atoms with Crippen LogP contribution >= 0.6 is 23.2 Å². The minimum absolute atomic E-state index is 0.0925. The number of carbonyl (C=O) groups is 1. The van der Waals surface area contributed by atoms with E-state index in [0.29, 0.717) is 10.0 Å². The molecule has 0 aliphatic rings. The van der Waals surface area contributed by atoms with Crippen LogP contribution in [0.2, 0.25) is 10.0 Å². The quantitative estimate of drug-likeness (QED) is 0.663. The molecule has 1 N–H and O–H groups in total. The van der Waals surface area contributed by atoms with Crippen molar-refractivity contribution >= 4 is 35.1 Å². The van der Waals surface area contributed by atoms with Crippen LogP contribution in [-0.2, 0) is 0 Å². The van der Waals surface area contributed by atoms with Gasteiger partial charge in [0.1, 0.15) is 5.75 Å². The maximum Gasteiger partial charge on any atom is 0.189 e. The smallest absolute Gasteiger partial charge is 0.189 e. The monoisotopic (exact) mass is 292 g/mol. The molecule has 0 unspecified atom stereocenters. The summed E-state index contributed by atoms with van der Waals surface area (Å²) in [6, 6.07) is 11.5. The third-order valence-electron chi connectivity index (χ3n) is 2.50. The number of rotatable bonds is 3. The fourth-order valence-electron chi connectivity index (χ4n) is 1.58. The predicted octanol–water partition coefficient (Wildman–Crippen LogP) is 4.60. The molecule has 0 bridgehead atoms. The van der Waals surface area contributed by atoms with E-state index < -0.39 is 0 Å². The van der Waals surface area contributed by atoms with Gasteiger partial charge in [-0.15, -0.1) is 0 Å². The lowest BCUT2D eigenvalue weighted by molar-refractivity contribution is 0.104. The van der Waals surface area contributed by atoms with E-state index in [1.54, 1.807) is 24.3 Å². The standard InChI is InChI=1S/C15H10Cl2O2/c16-11-3-1-2-10(8-11)4-6-14(18)13-9-12(17)5-7-15(13)19/h1-9,19H/b6-4+. The van der Waals surface area contributed by atoms with Gasteiger partial charge in [0.25, 0.3) is 0 Å². The van der Waals surface area contributed by atoms with Crippen molar-refractivity contribution in [1.82, 2.24) is 0 Å². The Balaban J connectivity index is 2.23. The molecule has 19 heavy (non-hydrogen) atoms. The summed E-state index contributed by atoms with van der Waals surface area (Å²) in [5, 5.41) is 10.6. The molecule has 0 fully saturated rings. The van der Waals surface area contributed by atoms with Crippen molar-refractivity contribution in [1.29, 1.82) is 0 Å². The van der Waals surface area contributed by atoms with E-state index in [1.165, 1.54) is 24.3 Å². The van der Waals surface area contributed by atoms with Crippen LogP contribution in [0.1, 0.15) is 15.9 Å². The highest BCUT2D eigenvalue weighted by Crippen LogP contribution is 2.22. The second-order valence-electron chi connectivity index (χ2n) is 3.91. The van der Waals surface area contributed by atoms with Gasteiger partial charge in [-0.25, -0.2) is 0 Å². The van der Waals surface area contributed by atoms with Gasteiger partial charge in [-0.3, -0.25) is 4.79 Å². The number of carbonyl (C=O) groups excluding carboxylic acids is 1. The third-order valence-corrected chi connectivity index (χ3v) is 2.97. The molecule has 0 radical (unpaired) electrons. The molecule has 2 nitrogen and oxygen atoms in total. The zero-order chi connectivity index (χ0) is 13.8. The average molecular weight is 293 g/mol. The average Bonchev–Trinajstić information content (AvgIpc) is 2.39. The number of allylic oxidation sites excluding steroid dienone is 1. The lowest BCUT2D eigenvalue weighted by Crippen LogP contribution is -1.94. The highest BCUT2D eigenvalue weighted by Gasteiger charge is 2.08. The van der Waals surface area contributed by atoms with Crippen molar-refractivity contribution < 1.29 is 9.90 Å². The van der Waals surface area contributed by atoms with Gasteiger partial charge in [-0.05, 0) is 42.0 Å². The minimum atomic E-state index is -0.319. The summed E-state index contributed by atoms with van der Waals surface area (Å²) in [6.07, 6.45) is 3.01. The first-order valence-corrected chi connectivity index (χ1v) is 6.28. The Morgan fingerprint density at radius 1 is 1.05 bits per heavy atom. The van der Waals surface area contributed by atoms with Crippen molar-refractivity contribution in [2.24, 2.45) is 0 Å². The van der Waals surface area contributed by atoms with Gasteiger partial charge < -0.3 is 5.11 Å². The van der Waals surface area contributed by atoms with Gasteiger partial charge in [-0.2, -0.15) is 0 Å². The normalized spacial score (nSPS) is 10.8. The fourth-order valence-corrected chi connectivity index (χ4v) is 1.95. The van der Waals surface area contributed by atoms with Crippen molar-refractivity contribution in [3.8, 4) is 5.75 Å². The summed E-state index contributed by atoms with van der Waals surface area (Å²) < 4.78 is 0. The summed E-state index contributed by atoms with van der Waals surface area (Å²) in [5.74, 6) is -0.412. The van der Waals surface area contributed by atoms with Crippen LogP contribution in [0.5, 0.6) is 5.75 Å². The number of hydrogen-bond donors (Lipinski definition) is 1. The molecule has 0 heterocycles. The van der Waals surface area contributed by atoms with Crippen molar-refractivity contribution in [2.45, 2.75) is 0 Å². The molecule has 2 aromatic carbocycles. The first kappa shape index (κ1) is 13.7. The Bertz CT molecular complexity index is 648. The number of ketones is 1. The third kappa shape index (κ3) is 3.60. The van der Waals surface area contributed by atoms with Crippen LogP contribution in [0, 0.1) is 0 Å². The van der Waals surface area contributed by atoms with Crippen molar-refractivity contribution in [3.63, 3.8) is 0 Å². The zero-order valence-electron chi connectivity index (χ0n) is 9.81. The van der Waals surface area contributed by atoms with Gasteiger partial charge >= 0.3 is 0 Å². The van der Waals surface area contributed by atoms with Crippen LogP contribution in [-0.4, -0.2) is 10.9 Å². The fraction of sp³-hybridized carbons (Fsp3) is 0. The lowest BCUT2D eigenvalue weighted by atomic mass is 10.1. The first-order chi connectivity index (χ1) is 9.06. The maximum absolute atomic E-state index is 11.9. The molecule has 0 atom stereocenters. The predicted molar refractivity (Wildman–Crippen MR) is 77.9 cm³/mol. The number of aromatic hydroxyl groups is 1. The van der Waals surface area contributed by atoms with E-state index in [4.69, 9.17) is 23.2 Å². The van der Waals surface area contributed by atoms with Crippen LogP contribution in [0.3, 0.4) is 0 Å². The van der Waals surface area contributed by atoms with Gasteiger partial charge in [0, 0.05) is 10.0 Å². The Labute approximate surface area is 120 Å². The van der Waals surface area contributed by atoms with Gasteiger partial charge in [0.2, 0.25) is 0 Å². The molecular weight excluding hydrogens is 283 g/mol. The molecule has 0 aromatic heterocycles. The summed E-state index contributed by atoms with van der Waals surface area (Å²) in [5.41, 5.74) is 0.980. The molecule has 96 valence electrons. The van der Waals surface area contributed by atoms with E-state index in [9.17, 15) is 9.90 Å². The number of phenolic OH excluding ortho intramolecular Hbond substituents is 1. The SMILES string of the molecule is O=C(/C=C/c1cccc(Cl)c1)c1cc(Cl)ccc1O. The number of hydrogen-bond acceptors (Lipinski definition) is 2. The second-order valence-corrected chi connectivity index (χ2v) is 4.79. The first-order valence-electron chi connectivity index (χ1n) is 5.53. The van der Waals surface area contributed by atoms with E-state index in [-0.39, 0.29) is 17.1 Å². The van der Waals surface area contributed by atoms with Crippen molar-refractivity contribution in [2.75, 3.05) is 0 Å². The van der Waals surface area contributed by atoms with Gasteiger partial charge in [0.15, 0.2) is 5.78 Å². The summed E-state index contributed by atoms with van der Waals surface area (Å²) in [4.78, 5) is 11.9. The van der Waals surface area contributed by atoms with Crippen LogP contribution in [0.4, 0.5) is 0 Å². The van der Waals surface area contributed by atoms with E-state index >= 15 is 0 Å². The maximum atomic E-state index is 11.9. The highest BCUT2D eigenvalue weighted by atomic mass is 35.5. The molecular formula is C15H10Cl2O2. The highest BCUT2D eigenvalue weighted by molar-refractivity contribution is 6.31. The van der Waals surface area contributed by atoms with Gasteiger partial charge in [-0.1, -0.05) is 41.4 Å². The molecule has 0 saturated heterocycles. The molecule has 0 saturated carbocycles. The molecule has 4 heteroatoms. The zero-order valence-corrected chi connectivity index (χ0v) is 11.3. The molecule has 2 rings (SSSR count). The van der Waals surface area contributed by atoms with Crippen molar-refractivity contribution in [3.05, 3.63) is 69.7 Å². The topological polar surface area (TPSA) is 37.3 Å². The molecule has 0 aliphatic heterocycles. The lowest BCUT2D eigenvalue weighted by Gasteiger charge is -2.01. The summed E-state index contributed by atoms with van der Waals surface area (Å²) >= 11 is 11.6. The van der Waals surface area contributed by atoms with E-state index in [1.807, 2.05) is 6.07 Å². The van der Waals surface area contributed by atoms with Crippen LogP contribution in [0.15, 0.2) is 48.5 Å². The van der Waals surface area contributed by atoms with Crippen LogP contribution < -0.4 is 0 Å². The minimum Gasteiger partial charge on any atom is -0.507 e. The molecule has 0 spiro atoms. The van der Waals surface area contributed by atoms with E-state index in [0.717, 1.165) is 5.56 Å². The van der Waals surface area contributed by atoms with Crippen LogP contribution in [0.25, 0.3) is 6.08 Å². The molecule has 2 aromatic rings. The molecule has 0 aliphatic carbocycles. The Morgan fingerprint density at radius 2 is 1.79 bits per heavy atom. The van der Waals surface area contributed by atoms with Gasteiger partial charge in [0.05, 0.1) is 5.56 Å². The largest absolute Gasteiger partial charge is 0.507 e. The second kappa shape index (κ2) is 5.91. The number of halogens is 2. The Hall–Kier alpha value is -1.77. The Kier molecular flexibility index (Phi) is 4.25. The summed E-state index contributed by atoms with van der Waals surface area (Å²) in [6.45, 7) is 0. The van der Waals surface area contributed by atoms with E-state index in [2.05, 4.69) is 0 Å². The number of phenols is 1.